The second-order valence-electron chi connectivity index (χ2n) is 4.23. The van der Waals surface area contributed by atoms with Gasteiger partial charge in [-0.1, -0.05) is 0 Å². The molecule has 1 aromatic carbocycles. The fraction of sp³-hybridized carbons (Fsp3) is 0.286. The summed E-state index contributed by atoms with van der Waals surface area (Å²) in [6.45, 7) is 1.42. The van der Waals surface area contributed by atoms with Crippen LogP contribution >= 0.6 is 0 Å². The molecule has 2 aromatic rings. The van der Waals surface area contributed by atoms with Crippen molar-refractivity contribution in [2.24, 2.45) is 0 Å². The van der Waals surface area contributed by atoms with Crippen molar-refractivity contribution in [1.29, 1.82) is 0 Å². The molecule has 0 fully saturated rings. The van der Waals surface area contributed by atoms with Crippen molar-refractivity contribution in [3.05, 3.63) is 34.0 Å². The molecule has 7 heteroatoms. The molecule has 1 aromatic heterocycles. The zero-order chi connectivity index (χ0) is 15.6. The largest absolute Gasteiger partial charge is 0.493 e. The second kappa shape index (κ2) is 5.82. The molecular formula is C14H15FN2O4. The number of H-pyrrole nitrogens is 1. The van der Waals surface area contributed by atoms with Crippen molar-refractivity contribution in [1.82, 2.24) is 9.97 Å². The smallest absolute Gasteiger partial charge is 0.287 e. The summed E-state index contributed by atoms with van der Waals surface area (Å²) in [6, 6.07) is 3.24. The number of methoxy groups -OCH3 is 3. The third kappa shape index (κ3) is 2.67. The highest BCUT2D eigenvalue weighted by Crippen LogP contribution is 2.40. The zero-order valence-corrected chi connectivity index (χ0v) is 12.1. The van der Waals surface area contributed by atoms with Crippen LogP contribution in [0.3, 0.4) is 0 Å². The standard InChI is InChI=1S/C14H15FN2O4/c1-7-11(15)14(18)17-13(16-7)8-5-9(19-2)12(21-4)10(6-8)20-3/h5-6H,1-4H3,(H,16,17,18). The first-order chi connectivity index (χ1) is 10.0. The van der Waals surface area contributed by atoms with Crippen molar-refractivity contribution in [3.8, 4) is 28.6 Å². The van der Waals surface area contributed by atoms with Crippen molar-refractivity contribution < 1.29 is 18.6 Å². The average molecular weight is 294 g/mol. The Morgan fingerprint density at radius 1 is 1.10 bits per heavy atom. The minimum absolute atomic E-state index is 0.0162. The Bertz CT molecular complexity index is 702. The van der Waals surface area contributed by atoms with Gasteiger partial charge in [-0.05, 0) is 19.1 Å². The van der Waals surface area contributed by atoms with Gasteiger partial charge in [-0.2, -0.15) is 4.39 Å². The lowest BCUT2D eigenvalue weighted by Gasteiger charge is -2.14. The van der Waals surface area contributed by atoms with Crippen molar-refractivity contribution in [3.63, 3.8) is 0 Å². The number of nitrogens with one attached hydrogen (secondary N) is 1. The molecule has 0 unspecified atom stereocenters. The minimum Gasteiger partial charge on any atom is -0.493 e. The van der Waals surface area contributed by atoms with Crippen molar-refractivity contribution >= 4 is 0 Å². The van der Waals surface area contributed by atoms with Crippen LogP contribution in [0.15, 0.2) is 16.9 Å². The third-order valence-corrected chi connectivity index (χ3v) is 2.97. The normalized spacial score (nSPS) is 10.3. The molecule has 0 radical (unpaired) electrons. The Kier molecular flexibility index (Phi) is 4.11. The van der Waals surface area contributed by atoms with Gasteiger partial charge in [0.25, 0.3) is 5.56 Å². The van der Waals surface area contributed by atoms with E-state index in [1.807, 2.05) is 0 Å². The van der Waals surface area contributed by atoms with Crippen LogP contribution in [0.2, 0.25) is 0 Å². The molecule has 1 N–H and O–H groups in total. The summed E-state index contributed by atoms with van der Waals surface area (Å²) in [5.41, 5.74) is -0.293. The maximum absolute atomic E-state index is 13.4. The van der Waals surface area contributed by atoms with Crippen LogP contribution in [0.25, 0.3) is 11.4 Å². The molecule has 2 rings (SSSR count). The lowest BCUT2D eigenvalue weighted by Crippen LogP contribution is -2.15. The van der Waals surface area contributed by atoms with Gasteiger partial charge >= 0.3 is 0 Å². The molecule has 0 bridgehead atoms. The summed E-state index contributed by atoms with van der Waals surface area (Å²) in [4.78, 5) is 17.9. The summed E-state index contributed by atoms with van der Waals surface area (Å²) in [7, 11) is 4.45. The molecule has 0 saturated heterocycles. The van der Waals surface area contributed by atoms with Gasteiger partial charge in [-0.3, -0.25) is 4.79 Å². The molecule has 0 saturated carbocycles. The molecule has 6 nitrogen and oxygen atoms in total. The van der Waals surface area contributed by atoms with Gasteiger partial charge in [0, 0.05) is 5.56 Å². The highest BCUT2D eigenvalue weighted by Gasteiger charge is 2.16. The first-order valence-electron chi connectivity index (χ1n) is 6.08. The number of hydrogen-bond donors (Lipinski definition) is 1. The molecular weight excluding hydrogens is 279 g/mol. The van der Waals surface area contributed by atoms with E-state index < -0.39 is 11.4 Å². The fourth-order valence-electron chi connectivity index (χ4n) is 1.93. The van der Waals surface area contributed by atoms with Gasteiger partial charge in [0.15, 0.2) is 11.5 Å². The summed E-state index contributed by atoms with van der Waals surface area (Å²) < 4.78 is 29.0. The predicted molar refractivity (Wildman–Crippen MR) is 74.6 cm³/mol. The molecule has 1 heterocycles. The molecule has 0 atom stereocenters. The fourth-order valence-corrected chi connectivity index (χ4v) is 1.93. The Labute approximate surface area is 120 Å². The van der Waals surface area contributed by atoms with E-state index in [9.17, 15) is 9.18 Å². The maximum atomic E-state index is 13.4. The average Bonchev–Trinajstić information content (AvgIpc) is 2.50. The van der Waals surface area contributed by atoms with Gasteiger partial charge in [0.05, 0.1) is 27.0 Å². The summed E-state index contributed by atoms with van der Waals surface area (Å²) in [5.74, 6) is 0.572. The first-order valence-corrected chi connectivity index (χ1v) is 6.08. The molecule has 21 heavy (non-hydrogen) atoms. The van der Waals surface area contributed by atoms with Gasteiger partial charge in [0.1, 0.15) is 5.82 Å². The van der Waals surface area contributed by atoms with E-state index in [-0.39, 0.29) is 11.5 Å². The number of aryl methyl sites for hydroxylation is 1. The highest BCUT2D eigenvalue weighted by molar-refractivity contribution is 5.66. The molecule has 112 valence electrons. The summed E-state index contributed by atoms with van der Waals surface area (Å²) in [6.07, 6.45) is 0. The lowest BCUT2D eigenvalue weighted by atomic mass is 10.1. The van der Waals surface area contributed by atoms with E-state index in [0.717, 1.165) is 0 Å². The van der Waals surface area contributed by atoms with E-state index in [2.05, 4.69) is 9.97 Å². The van der Waals surface area contributed by atoms with E-state index in [1.165, 1.54) is 28.3 Å². The van der Waals surface area contributed by atoms with Crippen LogP contribution in [0.4, 0.5) is 4.39 Å². The van der Waals surface area contributed by atoms with E-state index in [4.69, 9.17) is 14.2 Å². The highest BCUT2D eigenvalue weighted by atomic mass is 19.1. The quantitative estimate of drug-likeness (QED) is 0.932. The van der Waals surface area contributed by atoms with Crippen LogP contribution in [0.5, 0.6) is 17.2 Å². The Hall–Kier alpha value is -2.57. The molecule has 0 aliphatic rings. The molecule has 0 aliphatic heterocycles. The van der Waals surface area contributed by atoms with Crippen LogP contribution < -0.4 is 19.8 Å². The number of rotatable bonds is 4. The number of ether oxygens (including phenoxy) is 3. The number of benzene rings is 1. The molecule has 0 amide bonds. The summed E-state index contributed by atoms with van der Waals surface area (Å²) >= 11 is 0. The first kappa shape index (κ1) is 14.8. The zero-order valence-electron chi connectivity index (χ0n) is 12.1. The number of hydrogen-bond acceptors (Lipinski definition) is 5. The summed E-state index contributed by atoms with van der Waals surface area (Å²) in [5, 5.41) is 0. The molecule has 0 spiro atoms. The topological polar surface area (TPSA) is 73.4 Å². The van der Waals surface area contributed by atoms with Gasteiger partial charge in [0.2, 0.25) is 11.6 Å². The van der Waals surface area contributed by atoms with E-state index >= 15 is 0 Å². The van der Waals surface area contributed by atoms with Gasteiger partial charge in [-0.25, -0.2) is 4.98 Å². The maximum Gasteiger partial charge on any atom is 0.287 e. The Morgan fingerprint density at radius 3 is 2.10 bits per heavy atom. The third-order valence-electron chi connectivity index (χ3n) is 2.97. The van der Waals surface area contributed by atoms with Crippen molar-refractivity contribution in [2.75, 3.05) is 21.3 Å². The molecule has 0 aliphatic carbocycles. The predicted octanol–water partition coefficient (Wildman–Crippen LogP) is 1.91. The monoisotopic (exact) mass is 294 g/mol. The lowest BCUT2D eigenvalue weighted by molar-refractivity contribution is 0.324. The Morgan fingerprint density at radius 2 is 1.67 bits per heavy atom. The van der Waals surface area contributed by atoms with Crippen LogP contribution in [-0.4, -0.2) is 31.3 Å². The SMILES string of the molecule is COc1cc(-c2nc(C)c(F)c(=O)[nH]2)cc(OC)c1OC. The minimum atomic E-state index is -0.897. The number of nitrogens with zero attached hydrogens (tertiary/aromatic N) is 1. The van der Waals surface area contributed by atoms with Crippen molar-refractivity contribution in [2.45, 2.75) is 6.92 Å². The second-order valence-corrected chi connectivity index (χ2v) is 4.23. The van der Waals surface area contributed by atoms with Crippen LogP contribution in [-0.2, 0) is 0 Å². The number of aromatic nitrogens is 2. The van der Waals surface area contributed by atoms with Crippen LogP contribution in [0, 0.1) is 12.7 Å². The van der Waals surface area contributed by atoms with Gasteiger partial charge < -0.3 is 19.2 Å². The van der Waals surface area contributed by atoms with Crippen LogP contribution in [0.1, 0.15) is 5.69 Å². The Balaban J connectivity index is 2.67. The number of halogens is 1. The van der Waals surface area contributed by atoms with E-state index in [1.54, 1.807) is 12.1 Å². The van der Waals surface area contributed by atoms with E-state index in [0.29, 0.717) is 22.8 Å². The van der Waals surface area contributed by atoms with Gasteiger partial charge in [-0.15, -0.1) is 0 Å². The number of aromatic amines is 1.